The van der Waals surface area contributed by atoms with E-state index in [1.54, 1.807) is 19.5 Å². The zero-order chi connectivity index (χ0) is 13.1. The predicted molar refractivity (Wildman–Crippen MR) is 79.3 cm³/mol. The summed E-state index contributed by atoms with van der Waals surface area (Å²) in [5.41, 5.74) is 10.5. The van der Waals surface area contributed by atoms with E-state index in [4.69, 9.17) is 5.73 Å². The monoisotopic (exact) mass is 243 g/mol. The van der Waals surface area contributed by atoms with E-state index in [0.29, 0.717) is 5.92 Å². The molecule has 96 valence electrons. The van der Waals surface area contributed by atoms with Crippen LogP contribution in [0.3, 0.4) is 0 Å². The van der Waals surface area contributed by atoms with E-state index in [1.165, 1.54) is 17.7 Å². The van der Waals surface area contributed by atoms with Crippen LogP contribution in [0.15, 0.2) is 29.4 Å². The molecule has 18 heavy (non-hydrogen) atoms. The summed E-state index contributed by atoms with van der Waals surface area (Å²) in [6.07, 6.45) is 4.63. The van der Waals surface area contributed by atoms with Gasteiger partial charge in [0.2, 0.25) is 0 Å². The van der Waals surface area contributed by atoms with Gasteiger partial charge in [0.1, 0.15) is 0 Å². The molecule has 0 radical (unpaired) electrons. The van der Waals surface area contributed by atoms with E-state index in [1.807, 2.05) is 0 Å². The summed E-state index contributed by atoms with van der Waals surface area (Å²) in [6, 6.07) is 6.55. The minimum atomic E-state index is 0.605. The van der Waals surface area contributed by atoms with Crippen LogP contribution in [0.2, 0.25) is 0 Å². The van der Waals surface area contributed by atoms with Crippen molar-refractivity contribution in [2.24, 2.45) is 10.7 Å². The van der Waals surface area contributed by atoms with Crippen LogP contribution >= 0.6 is 0 Å². The third kappa shape index (κ3) is 2.26. The summed E-state index contributed by atoms with van der Waals surface area (Å²) in [4.78, 5) is 6.36. The Morgan fingerprint density at radius 3 is 2.94 bits per heavy atom. The molecule has 1 atom stereocenters. The van der Waals surface area contributed by atoms with Crippen molar-refractivity contribution in [1.29, 1.82) is 0 Å². The van der Waals surface area contributed by atoms with E-state index in [-0.39, 0.29) is 0 Å². The average molecular weight is 243 g/mol. The van der Waals surface area contributed by atoms with E-state index in [9.17, 15) is 0 Å². The van der Waals surface area contributed by atoms with Gasteiger partial charge in [-0.15, -0.1) is 0 Å². The van der Waals surface area contributed by atoms with Gasteiger partial charge in [0.25, 0.3) is 0 Å². The lowest BCUT2D eigenvalue weighted by atomic mass is 9.89. The van der Waals surface area contributed by atoms with Crippen molar-refractivity contribution in [3.8, 4) is 0 Å². The van der Waals surface area contributed by atoms with Gasteiger partial charge >= 0.3 is 0 Å². The zero-order valence-corrected chi connectivity index (χ0v) is 11.4. The van der Waals surface area contributed by atoms with Gasteiger partial charge in [-0.2, -0.15) is 0 Å². The fourth-order valence-corrected chi connectivity index (χ4v) is 2.49. The third-order valence-corrected chi connectivity index (χ3v) is 3.65. The minimum absolute atomic E-state index is 0.605. The molecule has 0 fully saturated rings. The number of nitrogens with two attached hydrogens (primary N) is 1. The summed E-state index contributed by atoms with van der Waals surface area (Å²) in [7, 11) is 3.91. The second-order valence-corrected chi connectivity index (χ2v) is 4.89. The molecular weight excluding hydrogens is 222 g/mol. The number of hydrogen-bond acceptors (Lipinski definition) is 3. The Morgan fingerprint density at radius 2 is 2.28 bits per heavy atom. The quantitative estimate of drug-likeness (QED) is 0.811. The van der Waals surface area contributed by atoms with Crippen LogP contribution in [0.1, 0.15) is 30.4 Å². The van der Waals surface area contributed by atoms with Gasteiger partial charge in [0, 0.05) is 44.3 Å². The van der Waals surface area contributed by atoms with Crippen LogP contribution in [-0.2, 0) is 0 Å². The Labute approximate surface area is 109 Å². The molecule has 1 aliphatic rings. The fraction of sp³-hybridized carbons (Fsp3) is 0.400. The van der Waals surface area contributed by atoms with Crippen molar-refractivity contribution < 1.29 is 0 Å². The molecule has 0 amide bonds. The Hall–Kier alpha value is -1.77. The van der Waals surface area contributed by atoms with Crippen LogP contribution in [0.5, 0.6) is 0 Å². The number of anilines is 1. The molecular formula is C15H21N3. The lowest BCUT2D eigenvalue weighted by Gasteiger charge is -2.32. The molecule has 1 heterocycles. The maximum Gasteiger partial charge on any atom is 0.0399 e. The molecule has 0 spiro atoms. The number of hydrogen-bond donors (Lipinski definition) is 1. The molecule has 0 bridgehead atoms. The highest BCUT2D eigenvalue weighted by atomic mass is 15.1. The van der Waals surface area contributed by atoms with Gasteiger partial charge in [-0.3, -0.25) is 4.99 Å². The molecule has 2 rings (SSSR count). The molecule has 0 saturated carbocycles. The standard InChI is InChI=1S/C15H21N3/c1-11-6-7-18(3)15-5-4-12(8-14(11)15)13(9-16)10-17-2/h4-5,8-11H,6-7,16H2,1-3H3/t11-/m1/s1. The number of aliphatic imine (C=N–C) groups is 1. The van der Waals surface area contributed by atoms with Gasteiger partial charge in [-0.25, -0.2) is 0 Å². The van der Waals surface area contributed by atoms with Crippen LogP contribution < -0.4 is 10.6 Å². The highest BCUT2D eigenvalue weighted by Crippen LogP contribution is 2.35. The van der Waals surface area contributed by atoms with Crippen molar-refractivity contribution in [3.05, 3.63) is 35.5 Å². The number of allylic oxidation sites excluding steroid dienone is 1. The Bertz CT molecular complexity index is 489. The summed E-state index contributed by atoms with van der Waals surface area (Å²) < 4.78 is 0. The second-order valence-electron chi connectivity index (χ2n) is 4.89. The molecule has 3 heteroatoms. The first-order valence-corrected chi connectivity index (χ1v) is 6.37. The largest absolute Gasteiger partial charge is 0.404 e. The second kappa shape index (κ2) is 5.25. The van der Waals surface area contributed by atoms with Crippen LogP contribution in [0, 0.1) is 0 Å². The Morgan fingerprint density at radius 1 is 1.50 bits per heavy atom. The van der Waals surface area contributed by atoms with Crippen molar-refractivity contribution >= 4 is 17.5 Å². The first-order valence-electron chi connectivity index (χ1n) is 6.37. The number of fused-ring (bicyclic) bond motifs is 1. The van der Waals surface area contributed by atoms with Gasteiger partial charge < -0.3 is 10.6 Å². The van der Waals surface area contributed by atoms with Gasteiger partial charge in [-0.1, -0.05) is 13.0 Å². The SMILES string of the molecule is CN=CC(=CN)c1ccc2c(c1)[C@H](C)CCN2C. The number of benzene rings is 1. The Kier molecular flexibility index (Phi) is 3.70. The number of nitrogens with zero attached hydrogens (tertiary/aromatic N) is 2. The van der Waals surface area contributed by atoms with Gasteiger partial charge in [0.05, 0.1) is 0 Å². The zero-order valence-electron chi connectivity index (χ0n) is 11.4. The Balaban J connectivity index is 2.46. The van der Waals surface area contributed by atoms with Crippen molar-refractivity contribution in [2.45, 2.75) is 19.3 Å². The smallest absolute Gasteiger partial charge is 0.0399 e. The summed E-state index contributed by atoms with van der Waals surface area (Å²) >= 11 is 0. The fourth-order valence-electron chi connectivity index (χ4n) is 2.49. The molecule has 2 N–H and O–H groups in total. The van der Waals surface area contributed by atoms with E-state index in [2.05, 4.69) is 42.1 Å². The molecule has 0 aromatic heterocycles. The highest BCUT2D eigenvalue weighted by molar-refractivity contribution is 6.09. The maximum atomic E-state index is 5.67. The van der Waals surface area contributed by atoms with Crippen LogP contribution in [0.4, 0.5) is 5.69 Å². The summed E-state index contributed by atoms with van der Waals surface area (Å²) in [6.45, 7) is 3.42. The van der Waals surface area contributed by atoms with Crippen molar-refractivity contribution in [1.82, 2.24) is 0 Å². The van der Waals surface area contributed by atoms with Crippen LogP contribution in [-0.4, -0.2) is 26.9 Å². The van der Waals surface area contributed by atoms with Gasteiger partial charge in [0.15, 0.2) is 0 Å². The number of rotatable bonds is 2. The summed E-state index contributed by atoms with van der Waals surface area (Å²) in [5.74, 6) is 0.605. The molecule has 1 aromatic rings. The molecule has 0 saturated heterocycles. The van der Waals surface area contributed by atoms with Crippen molar-refractivity contribution in [2.75, 3.05) is 25.5 Å². The minimum Gasteiger partial charge on any atom is -0.404 e. The van der Waals surface area contributed by atoms with E-state index < -0.39 is 0 Å². The average Bonchev–Trinajstić information content (AvgIpc) is 2.40. The normalized spacial score (nSPS) is 20.3. The molecule has 1 aliphatic heterocycles. The summed E-state index contributed by atoms with van der Waals surface area (Å²) in [5, 5.41) is 0. The van der Waals surface area contributed by atoms with Crippen LogP contribution in [0.25, 0.3) is 5.57 Å². The first kappa shape index (κ1) is 12.7. The molecule has 3 nitrogen and oxygen atoms in total. The first-order chi connectivity index (χ1) is 8.67. The predicted octanol–water partition coefficient (Wildman–Crippen LogP) is 2.63. The topological polar surface area (TPSA) is 41.6 Å². The third-order valence-electron chi connectivity index (χ3n) is 3.65. The molecule has 0 aliphatic carbocycles. The lowest BCUT2D eigenvalue weighted by Crippen LogP contribution is -2.26. The van der Waals surface area contributed by atoms with Crippen molar-refractivity contribution in [3.63, 3.8) is 0 Å². The maximum absolute atomic E-state index is 5.67. The van der Waals surface area contributed by atoms with E-state index >= 15 is 0 Å². The van der Waals surface area contributed by atoms with E-state index in [0.717, 1.165) is 17.7 Å². The highest BCUT2D eigenvalue weighted by Gasteiger charge is 2.20. The van der Waals surface area contributed by atoms with Gasteiger partial charge in [-0.05, 0) is 35.6 Å². The molecule has 0 unspecified atom stereocenters. The molecule has 1 aromatic carbocycles. The lowest BCUT2D eigenvalue weighted by molar-refractivity contribution is 0.637.